The van der Waals surface area contributed by atoms with Gasteiger partial charge in [-0.3, -0.25) is 4.79 Å². The highest BCUT2D eigenvalue weighted by Gasteiger charge is 2.30. The van der Waals surface area contributed by atoms with Crippen LogP contribution in [0.25, 0.3) is 0 Å². The minimum absolute atomic E-state index is 0. The Morgan fingerprint density at radius 3 is 2.48 bits per heavy atom. The minimum Gasteiger partial charge on any atom is -0.345 e. The first-order valence-electron chi connectivity index (χ1n) is 7.44. The summed E-state index contributed by atoms with van der Waals surface area (Å²) in [5.74, 6) is 0.570. The molecule has 2 heterocycles. The monoisotopic (exact) mass is 370 g/mol. The van der Waals surface area contributed by atoms with Crippen molar-refractivity contribution in [3.8, 4) is 0 Å². The van der Waals surface area contributed by atoms with Crippen LogP contribution in [0.3, 0.4) is 0 Å². The molecule has 1 aromatic heterocycles. The van der Waals surface area contributed by atoms with Crippen molar-refractivity contribution in [1.29, 1.82) is 0 Å². The average Bonchev–Trinajstić information content (AvgIpc) is 2.97. The van der Waals surface area contributed by atoms with Gasteiger partial charge in [0.05, 0.1) is 6.04 Å². The minimum atomic E-state index is -0.119. The molecule has 0 aliphatic carbocycles. The molecule has 0 saturated carbocycles. The van der Waals surface area contributed by atoms with Crippen molar-refractivity contribution < 1.29 is 4.79 Å². The molecule has 3 nitrogen and oxygen atoms in total. The van der Waals surface area contributed by atoms with Crippen LogP contribution in [0, 0.1) is 11.8 Å². The van der Waals surface area contributed by atoms with E-state index in [9.17, 15) is 4.79 Å². The van der Waals surface area contributed by atoms with E-state index in [1.807, 2.05) is 36.6 Å². The lowest BCUT2D eigenvalue weighted by Crippen LogP contribution is -2.50. The van der Waals surface area contributed by atoms with Gasteiger partial charge in [-0.05, 0) is 59.1 Å². The summed E-state index contributed by atoms with van der Waals surface area (Å²) >= 11 is 7.61. The first kappa shape index (κ1) is 18.3. The largest absolute Gasteiger partial charge is 0.345 e. The fourth-order valence-electron chi connectivity index (χ4n) is 2.61. The second-order valence-corrected chi connectivity index (χ2v) is 6.97. The number of hydrogen-bond acceptors (Lipinski definition) is 3. The summed E-state index contributed by atoms with van der Waals surface area (Å²) in [6, 6.07) is 9.61. The Labute approximate surface area is 151 Å². The van der Waals surface area contributed by atoms with Crippen LogP contribution in [0.2, 0.25) is 5.02 Å². The van der Waals surface area contributed by atoms with Crippen LogP contribution in [-0.2, 0) is 4.79 Å². The molecular formula is C17H20Cl2N2OS. The van der Waals surface area contributed by atoms with E-state index in [1.54, 1.807) is 11.3 Å². The van der Waals surface area contributed by atoms with Crippen LogP contribution < -0.4 is 10.6 Å². The van der Waals surface area contributed by atoms with E-state index in [-0.39, 0.29) is 30.3 Å². The number of amides is 1. The van der Waals surface area contributed by atoms with Gasteiger partial charge in [0.1, 0.15) is 0 Å². The van der Waals surface area contributed by atoms with Gasteiger partial charge in [0.2, 0.25) is 5.91 Å². The number of rotatable bonds is 5. The molecule has 23 heavy (non-hydrogen) atoms. The Bertz CT molecular complexity index is 627. The van der Waals surface area contributed by atoms with E-state index in [0.717, 1.165) is 24.2 Å². The third kappa shape index (κ3) is 4.27. The highest BCUT2D eigenvalue weighted by molar-refractivity contribution is 7.08. The van der Waals surface area contributed by atoms with E-state index in [2.05, 4.69) is 22.1 Å². The van der Waals surface area contributed by atoms with Crippen LogP contribution in [0.5, 0.6) is 0 Å². The third-order valence-electron chi connectivity index (χ3n) is 4.30. The van der Waals surface area contributed by atoms with Gasteiger partial charge < -0.3 is 10.6 Å². The number of thiophene rings is 1. The summed E-state index contributed by atoms with van der Waals surface area (Å²) < 4.78 is 0. The van der Waals surface area contributed by atoms with E-state index in [0.29, 0.717) is 10.9 Å². The van der Waals surface area contributed by atoms with Crippen LogP contribution in [0.1, 0.15) is 24.1 Å². The second-order valence-electron chi connectivity index (χ2n) is 5.76. The predicted molar refractivity (Wildman–Crippen MR) is 98.5 cm³/mol. The van der Waals surface area contributed by atoms with E-state index in [4.69, 9.17) is 11.6 Å². The highest BCUT2D eigenvalue weighted by Crippen LogP contribution is 2.26. The Kier molecular flexibility index (Phi) is 6.48. The van der Waals surface area contributed by atoms with Crippen LogP contribution in [-0.4, -0.2) is 19.0 Å². The molecule has 3 rings (SSSR count). The van der Waals surface area contributed by atoms with Gasteiger partial charge in [-0.25, -0.2) is 0 Å². The topological polar surface area (TPSA) is 41.1 Å². The first-order chi connectivity index (χ1) is 10.6. The van der Waals surface area contributed by atoms with E-state index >= 15 is 0 Å². The molecule has 0 radical (unpaired) electrons. The smallest absolute Gasteiger partial charge is 0.223 e. The van der Waals surface area contributed by atoms with Gasteiger partial charge >= 0.3 is 0 Å². The van der Waals surface area contributed by atoms with Gasteiger partial charge in [-0.15, -0.1) is 12.4 Å². The Morgan fingerprint density at radius 2 is 1.96 bits per heavy atom. The van der Waals surface area contributed by atoms with E-state index in [1.165, 1.54) is 0 Å². The lowest BCUT2D eigenvalue weighted by molar-refractivity contribution is -0.127. The van der Waals surface area contributed by atoms with Gasteiger partial charge in [-0.1, -0.05) is 30.7 Å². The lowest BCUT2D eigenvalue weighted by Gasteiger charge is -2.32. The zero-order chi connectivity index (χ0) is 15.5. The summed E-state index contributed by atoms with van der Waals surface area (Å²) in [5, 5.41) is 11.2. The van der Waals surface area contributed by atoms with Crippen molar-refractivity contribution in [3.05, 3.63) is 57.2 Å². The maximum absolute atomic E-state index is 12.6. The summed E-state index contributed by atoms with van der Waals surface area (Å²) in [4.78, 5) is 12.6. The molecular weight excluding hydrogens is 351 g/mol. The predicted octanol–water partition coefficient (Wildman–Crippen LogP) is 3.88. The Morgan fingerprint density at radius 1 is 1.26 bits per heavy atom. The number of nitrogens with one attached hydrogen (secondary N) is 2. The molecule has 2 atom stereocenters. The summed E-state index contributed by atoms with van der Waals surface area (Å²) in [5.41, 5.74) is 2.16. The fraction of sp³-hybridized carbons (Fsp3) is 0.353. The Hall–Kier alpha value is -1.07. The Balaban J connectivity index is 0.00000192. The zero-order valence-corrected chi connectivity index (χ0v) is 15.2. The number of carbonyl (C=O) groups excluding carboxylic acids is 1. The van der Waals surface area contributed by atoms with Gasteiger partial charge in [0, 0.05) is 10.9 Å². The molecule has 1 aliphatic heterocycles. The normalized spacial score (nSPS) is 16.8. The molecule has 2 aromatic rings. The van der Waals surface area contributed by atoms with Crippen molar-refractivity contribution in [2.24, 2.45) is 11.8 Å². The third-order valence-corrected chi connectivity index (χ3v) is 5.25. The molecule has 1 saturated heterocycles. The number of halogens is 2. The molecule has 1 fully saturated rings. The molecule has 0 spiro atoms. The van der Waals surface area contributed by atoms with Gasteiger partial charge in [0.15, 0.2) is 0 Å². The molecule has 124 valence electrons. The summed E-state index contributed by atoms with van der Waals surface area (Å²) in [6.45, 7) is 3.87. The first-order valence-corrected chi connectivity index (χ1v) is 8.76. The molecule has 0 bridgehead atoms. The van der Waals surface area contributed by atoms with Gasteiger partial charge in [-0.2, -0.15) is 11.3 Å². The lowest BCUT2D eigenvalue weighted by atomic mass is 9.87. The fourth-order valence-corrected chi connectivity index (χ4v) is 3.42. The van der Waals surface area contributed by atoms with Crippen molar-refractivity contribution in [1.82, 2.24) is 10.6 Å². The second kappa shape index (κ2) is 8.15. The average molecular weight is 371 g/mol. The summed E-state index contributed by atoms with van der Waals surface area (Å²) in [7, 11) is 0. The van der Waals surface area contributed by atoms with E-state index < -0.39 is 0 Å². The van der Waals surface area contributed by atoms with Gasteiger partial charge in [0.25, 0.3) is 0 Å². The molecule has 2 unspecified atom stereocenters. The van der Waals surface area contributed by atoms with Crippen molar-refractivity contribution in [2.75, 3.05) is 13.1 Å². The standard InChI is InChI=1S/C17H19ClN2OS.ClH/c1-11(14-8-19-9-14)17(21)20-16(13-6-7-22-10-13)12-2-4-15(18)5-3-12;/h2-7,10-11,14,16,19H,8-9H2,1H3,(H,20,21);1H. The molecule has 2 N–H and O–H groups in total. The number of carbonyl (C=O) groups is 1. The number of hydrogen-bond donors (Lipinski definition) is 2. The maximum Gasteiger partial charge on any atom is 0.223 e. The summed E-state index contributed by atoms with van der Waals surface area (Å²) in [6.07, 6.45) is 0. The van der Waals surface area contributed by atoms with Crippen LogP contribution >= 0.6 is 35.3 Å². The quantitative estimate of drug-likeness (QED) is 0.838. The zero-order valence-electron chi connectivity index (χ0n) is 12.8. The molecule has 1 amide bonds. The van der Waals surface area contributed by atoms with Crippen molar-refractivity contribution >= 4 is 41.3 Å². The van der Waals surface area contributed by atoms with Crippen LogP contribution in [0.15, 0.2) is 41.1 Å². The molecule has 1 aromatic carbocycles. The SMILES string of the molecule is CC(C(=O)NC(c1ccc(Cl)cc1)c1ccsc1)C1CNC1.Cl. The molecule has 1 aliphatic rings. The number of benzene rings is 1. The highest BCUT2D eigenvalue weighted by atomic mass is 35.5. The maximum atomic E-state index is 12.6. The van der Waals surface area contributed by atoms with Crippen molar-refractivity contribution in [2.45, 2.75) is 13.0 Å². The van der Waals surface area contributed by atoms with Crippen molar-refractivity contribution in [3.63, 3.8) is 0 Å². The molecule has 6 heteroatoms. The van der Waals surface area contributed by atoms with Crippen LogP contribution in [0.4, 0.5) is 0 Å².